The van der Waals surface area contributed by atoms with E-state index in [0.29, 0.717) is 57.9 Å². The van der Waals surface area contributed by atoms with Gasteiger partial charge in [0.05, 0.1) is 32.1 Å². The van der Waals surface area contributed by atoms with E-state index in [4.69, 9.17) is 18.9 Å². The number of pyridine rings is 1. The van der Waals surface area contributed by atoms with Gasteiger partial charge in [-0.2, -0.15) is 0 Å². The Morgan fingerprint density at radius 2 is 1.89 bits per heavy atom. The fourth-order valence-electron chi connectivity index (χ4n) is 8.75. The molecule has 2 aromatic carbocycles. The minimum absolute atomic E-state index is 0.00349. The van der Waals surface area contributed by atoms with Crippen LogP contribution in [0.25, 0.3) is 33.3 Å². The third kappa shape index (κ3) is 11.4. The van der Waals surface area contributed by atoms with E-state index < -0.39 is 29.5 Å². The molecule has 0 aliphatic carbocycles. The largest absolute Gasteiger partial charge is 0.508 e. The Kier molecular flexibility index (Phi) is 15.5. The number of amides is 3. The van der Waals surface area contributed by atoms with Gasteiger partial charge in [-0.05, 0) is 90.3 Å². The van der Waals surface area contributed by atoms with Crippen molar-refractivity contribution >= 4 is 34.8 Å². The maximum absolute atomic E-state index is 14.3. The van der Waals surface area contributed by atoms with Crippen LogP contribution in [0.5, 0.6) is 5.75 Å². The molecule has 2 saturated heterocycles. The maximum atomic E-state index is 14.3. The van der Waals surface area contributed by atoms with Gasteiger partial charge in [0.25, 0.3) is 5.91 Å². The molecule has 2 fully saturated rings. The molecule has 4 aromatic rings. The Labute approximate surface area is 370 Å². The third-order valence-corrected chi connectivity index (χ3v) is 11.8. The van der Waals surface area contributed by atoms with Gasteiger partial charge in [0.1, 0.15) is 23.9 Å². The van der Waals surface area contributed by atoms with E-state index >= 15 is 0 Å². The Morgan fingerprint density at radius 3 is 2.56 bits per heavy atom. The van der Waals surface area contributed by atoms with Crippen molar-refractivity contribution in [3.63, 3.8) is 0 Å². The number of hydrazine groups is 1. The molecule has 3 amide bonds. The summed E-state index contributed by atoms with van der Waals surface area (Å²) in [7, 11) is 3.20. The first kappa shape index (κ1) is 47.0. The summed E-state index contributed by atoms with van der Waals surface area (Å²) in [6.07, 6.45) is 5.56. The van der Waals surface area contributed by atoms with Crippen LogP contribution in [0.15, 0.2) is 54.9 Å². The topological polar surface area (TPSA) is 174 Å². The number of benzene rings is 2. The van der Waals surface area contributed by atoms with E-state index in [1.54, 1.807) is 30.4 Å². The van der Waals surface area contributed by atoms with Gasteiger partial charge in [-0.3, -0.25) is 29.3 Å². The second kappa shape index (κ2) is 20.8. The summed E-state index contributed by atoms with van der Waals surface area (Å²) in [6, 6.07) is 11.5. The van der Waals surface area contributed by atoms with Crippen molar-refractivity contribution in [2.75, 3.05) is 47.1 Å². The van der Waals surface area contributed by atoms with Gasteiger partial charge in [-0.25, -0.2) is 10.2 Å². The summed E-state index contributed by atoms with van der Waals surface area (Å²) < 4.78 is 24.4. The summed E-state index contributed by atoms with van der Waals surface area (Å²) in [5.41, 5.74) is 9.93. The lowest BCUT2D eigenvalue weighted by atomic mass is 9.84. The highest BCUT2D eigenvalue weighted by Crippen LogP contribution is 2.41. The Morgan fingerprint density at radius 1 is 1.10 bits per heavy atom. The van der Waals surface area contributed by atoms with Crippen molar-refractivity contribution in [1.29, 1.82) is 0 Å². The first-order valence-corrected chi connectivity index (χ1v) is 22.0. The number of ether oxygens (including phenoxy) is 4. The highest BCUT2D eigenvalue weighted by atomic mass is 16.6. The van der Waals surface area contributed by atoms with Gasteiger partial charge in [0, 0.05) is 87.8 Å². The summed E-state index contributed by atoms with van der Waals surface area (Å²) in [5, 5.41) is 16.8. The molecule has 3 atom stereocenters. The number of phenolic OH excluding ortho intramolecular Hbond substituents is 1. The number of rotatable bonds is 17. The van der Waals surface area contributed by atoms with Crippen LogP contribution in [0, 0.1) is 11.3 Å². The number of aromatic hydroxyl groups is 1. The fourth-order valence-corrected chi connectivity index (χ4v) is 8.75. The first-order valence-electron chi connectivity index (χ1n) is 22.0. The van der Waals surface area contributed by atoms with Gasteiger partial charge in [-0.1, -0.05) is 39.8 Å². The molecular weight excluding hydrogens is 805 g/mol. The zero-order valence-electron chi connectivity index (χ0n) is 38.0. The number of nitrogens with one attached hydrogen (secondary N) is 2. The minimum atomic E-state index is -1.03. The predicted molar refractivity (Wildman–Crippen MR) is 239 cm³/mol. The number of carbonyl (C=O) groups is 4. The number of hydrogen-bond acceptors (Lipinski definition) is 11. The molecule has 0 radical (unpaired) electrons. The zero-order chi connectivity index (χ0) is 45.4. The average molecular weight is 869 g/mol. The number of likely N-dealkylation sites (N-methyl/N-ethyl adjacent to an activating group) is 1. The minimum Gasteiger partial charge on any atom is -0.508 e. The number of hydrogen-bond donors (Lipinski definition) is 3. The number of aromatic nitrogens is 2. The molecule has 0 spiro atoms. The van der Waals surface area contributed by atoms with Crippen LogP contribution in [0.4, 0.5) is 4.79 Å². The standard InChI is InChI=1S/C48H64N6O9/c1-9-53-42-13-12-33(24-38(42)39(25-48(5,6)29-62-31(4)55)44(53)40-26-49-17-14-34(40)27-60-8)35-20-32(21-36(56)23-35)22-41(46(58)54-18-11-10-16-50-54)51-45(57)43(30(2)3)52(7)47(59)63-37-15-19-61-28-37/h12-14,17,20-21,23-24,26,30,37,41,43,50,56H,9-11,15-16,18-19,22,25,27-29H2,1-8H3,(H,51,57)/t37-,41+,43+/m1/s1. The number of esters is 1. The third-order valence-electron chi connectivity index (χ3n) is 11.8. The van der Waals surface area contributed by atoms with Crippen LogP contribution in [-0.2, 0) is 59.3 Å². The maximum Gasteiger partial charge on any atom is 0.410 e. The van der Waals surface area contributed by atoms with Gasteiger partial charge < -0.3 is 33.9 Å². The second-order valence-corrected chi connectivity index (χ2v) is 17.8. The SMILES string of the molecule is CCn1c(-c2cnccc2COC)c(CC(C)(C)COC(C)=O)c2cc(-c3cc(O)cc(C[C@H](NC(=O)[C@H](C(C)C)N(C)C(=O)O[C@@H]4CCOC4)C(=O)N4CCCCN4)c3)ccc21. The van der Waals surface area contributed by atoms with Crippen LogP contribution < -0.4 is 10.7 Å². The zero-order valence-corrected chi connectivity index (χ0v) is 38.0. The fraction of sp³-hybridized carbons (Fsp3) is 0.521. The van der Waals surface area contributed by atoms with Crippen molar-refractivity contribution in [1.82, 2.24) is 30.2 Å². The molecule has 3 N–H and O–H groups in total. The summed E-state index contributed by atoms with van der Waals surface area (Å²) >= 11 is 0. The number of phenols is 1. The average Bonchev–Trinajstić information content (AvgIpc) is 3.87. The summed E-state index contributed by atoms with van der Waals surface area (Å²) in [4.78, 5) is 59.4. The molecule has 2 aliphatic heterocycles. The summed E-state index contributed by atoms with van der Waals surface area (Å²) in [5.74, 6) is -1.45. The van der Waals surface area contributed by atoms with E-state index in [9.17, 15) is 24.3 Å². The molecule has 2 aliphatic rings. The van der Waals surface area contributed by atoms with E-state index in [-0.39, 0.29) is 42.7 Å². The molecule has 0 unspecified atom stereocenters. The number of fused-ring (bicyclic) bond motifs is 1. The number of methoxy groups -OCH3 is 1. The smallest absolute Gasteiger partial charge is 0.410 e. The lowest BCUT2D eigenvalue weighted by Crippen LogP contribution is -2.59. The van der Waals surface area contributed by atoms with Crippen LogP contribution in [0.1, 0.15) is 77.5 Å². The lowest BCUT2D eigenvalue weighted by Gasteiger charge is -2.34. The van der Waals surface area contributed by atoms with Crippen LogP contribution in [0.2, 0.25) is 0 Å². The van der Waals surface area contributed by atoms with Gasteiger partial charge >= 0.3 is 12.1 Å². The van der Waals surface area contributed by atoms with Crippen LogP contribution in [0.3, 0.4) is 0 Å². The van der Waals surface area contributed by atoms with E-state index in [0.717, 1.165) is 57.3 Å². The molecule has 63 heavy (non-hydrogen) atoms. The van der Waals surface area contributed by atoms with Gasteiger partial charge in [0.2, 0.25) is 5.91 Å². The molecule has 0 bridgehead atoms. The molecule has 15 nitrogen and oxygen atoms in total. The van der Waals surface area contributed by atoms with Crippen molar-refractivity contribution in [3.8, 4) is 28.1 Å². The van der Waals surface area contributed by atoms with E-state index in [1.165, 1.54) is 18.9 Å². The molecule has 2 aromatic heterocycles. The first-order chi connectivity index (χ1) is 30.1. The summed E-state index contributed by atoms with van der Waals surface area (Å²) in [6.45, 7) is 14.6. The number of carbonyl (C=O) groups excluding carboxylic acids is 4. The Bertz CT molecular complexity index is 2260. The molecular formula is C48H64N6O9. The Hall–Kier alpha value is -5.51. The van der Waals surface area contributed by atoms with Crippen molar-refractivity contribution in [2.45, 2.75) is 105 Å². The monoisotopic (exact) mass is 868 g/mol. The molecule has 6 rings (SSSR count). The molecule has 4 heterocycles. The van der Waals surface area contributed by atoms with Crippen molar-refractivity contribution in [2.24, 2.45) is 11.3 Å². The van der Waals surface area contributed by atoms with Crippen molar-refractivity contribution in [3.05, 3.63) is 71.5 Å². The number of nitrogens with zero attached hydrogens (tertiary/aromatic N) is 4. The van der Waals surface area contributed by atoms with Crippen LogP contribution >= 0.6 is 0 Å². The Balaban J connectivity index is 1.38. The quantitative estimate of drug-likeness (QED) is 0.100. The van der Waals surface area contributed by atoms with Crippen LogP contribution in [-0.4, -0.2) is 114 Å². The van der Waals surface area contributed by atoms with Gasteiger partial charge in [-0.15, -0.1) is 0 Å². The van der Waals surface area contributed by atoms with E-state index in [1.807, 2.05) is 38.2 Å². The highest BCUT2D eigenvalue weighted by Gasteiger charge is 2.36. The highest BCUT2D eigenvalue weighted by molar-refractivity contribution is 5.96. The molecule has 340 valence electrons. The lowest BCUT2D eigenvalue weighted by molar-refractivity contribution is -0.144. The van der Waals surface area contributed by atoms with Crippen molar-refractivity contribution < 1.29 is 43.2 Å². The molecule has 0 saturated carbocycles. The number of aryl methyl sites for hydroxylation is 1. The second-order valence-electron chi connectivity index (χ2n) is 17.8. The van der Waals surface area contributed by atoms with Gasteiger partial charge in [0.15, 0.2) is 0 Å². The van der Waals surface area contributed by atoms with E-state index in [2.05, 4.69) is 53.2 Å². The normalized spacial score (nSPS) is 16.5. The predicted octanol–water partition coefficient (Wildman–Crippen LogP) is 6.41. The molecule has 15 heteroatoms.